The SMILES string of the molecule is C[Si](C)(Cc1ccccc1)C(F)F. The van der Waals surface area contributed by atoms with E-state index in [1.54, 1.807) is 13.1 Å². The molecule has 1 rings (SSSR count). The van der Waals surface area contributed by atoms with Crippen LogP contribution in [0.2, 0.25) is 13.1 Å². The molecular formula is C10H14F2Si. The predicted octanol–water partition coefficient (Wildman–Crippen LogP) is 3.28. The fourth-order valence-corrected chi connectivity index (χ4v) is 2.64. The third-order valence-corrected chi connectivity index (χ3v) is 4.59. The zero-order chi connectivity index (χ0) is 9.90. The van der Waals surface area contributed by atoms with Crippen LogP contribution in [-0.4, -0.2) is 14.1 Å². The van der Waals surface area contributed by atoms with Gasteiger partial charge >= 0.3 is 0 Å². The van der Waals surface area contributed by atoms with E-state index in [2.05, 4.69) is 0 Å². The van der Waals surface area contributed by atoms with Gasteiger partial charge in [-0.25, -0.2) is 8.78 Å². The van der Waals surface area contributed by atoms with Gasteiger partial charge in [0.1, 0.15) is 8.07 Å². The second kappa shape index (κ2) is 4.00. The third-order valence-electron chi connectivity index (χ3n) is 2.09. The summed E-state index contributed by atoms with van der Waals surface area (Å²) in [6.45, 7) is 3.45. The molecule has 0 aliphatic heterocycles. The van der Waals surface area contributed by atoms with Gasteiger partial charge in [-0.1, -0.05) is 49.0 Å². The van der Waals surface area contributed by atoms with Crippen molar-refractivity contribution in [3.05, 3.63) is 35.9 Å². The molecule has 13 heavy (non-hydrogen) atoms. The molecule has 3 heteroatoms. The van der Waals surface area contributed by atoms with Crippen LogP contribution < -0.4 is 0 Å². The van der Waals surface area contributed by atoms with Crippen molar-refractivity contribution in [3.8, 4) is 0 Å². The van der Waals surface area contributed by atoms with Crippen LogP contribution in [0.5, 0.6) is 0 Å². The molecule has 0 fully saturated rings. The molecule has 0 nitrogen and oxygen atoms in total. The standard InChI is InChI=1S/C10H14F2Si/c1-13(2,10(11)12)8-9-6-4-3-5-7-9/h3-7,10H,8H2,1-2H3. The molecule has 0 aliphatic carbocycles. The summed E-state index contributed by atoms with van der Waals surface area (Å²) in [5.41, 5.74) is 1.03. The fraction of sp³-hybridized carbons (Fsp3) is 0.400. The Balaban J connectivity index is 2.69. The lowest BCUT2D eigenvalue weighted by molar-refractivity contribution is 0.227. The molecule has 0 N–H and O–H groups in total. The summed E-state index contributed by atoms with van der Waals surface area (Å²) in [4.78, 5) is 0. The van der Waals surface area contributed by atoms with E-state index in [9.17, 15) is 8.78 Å². The average Bonchev–Trinajstić information content (AvgIpc) is 2.05. The number of halogens is 2. The first-order valence-electron chi connectivity index (χ1n) is 4.34. The minimum Gasteiger partial charge on any atom is -0.216 e. The van der Waals surface area contributed by atoms with Crippen molar-refractivity contribution in [2.45, 2.75) is 25.2 Å². The van der Waals surface area contributed by atoms with Crippen LogP contribution >= 0.6 is 0 Å². The van der Waals surface area contributed by atoms with Crippen molar-refractivity contribution >= 4 is 8.07 Å². The van der Waals surface area contributed by atoms with Gasteiger partial charge < -0.3 is 0 Å². The van der Waals surface area contributed by atoms with E-state index in [0.29, 0.717) is 6.04 Å². The predicted molar refractivity (Wildman–Crippen MR) is 53.6 cm³/mol. The first-order chi connectivity index (χ1) is 6.02. The Morgan fingerprint density at radius 3 is 2.15 bits per heavy atom. The van der Waals surface area contributed by atoms with Gasteiger partial charge in [0.05, 0.1) is 0 Å². The van der Waals surface area contributed by atoms with Crippen LogP contribution in [0.25, 0.3) is 0 Å². The van der Waals surface area contributed by atoms with Crippen molar-refractivity contribution in [2.24, 2.45) is 0 Å². The molecule has 72 valence electrons. The van der Waals surface area contributed by atoms with Crippen molar-refractivity contribution in [3.63, 3.8) is 0 Å². The summed E-state index contributed by atoms with van der Waals surface area (Å²) in [6.07, 6.45) is 0. The molecule has 0 unspecified atom stereocenters. The Bertz CT molecular complexity index is 257. The van der Waals surface area contributed by atoms with Crippen molar-refractivity contribution in [1.82, 2.24) is 0 Å². The highest BCUT2D eigenvalue weighted by Gasteiger charge is 2.32. The molecule has 0 aromatic heterocycles. The summed E-state index contributed by atoms with van der Waals surface area (Å²) in [7, 11) is -2.35. The van der Waals surface area contributed by atoms with Crippen molar-refractivity contribution in [2.75, 3.05) is 0 Å². The Morgan fingerprint density at radius 2 is 1.69 bits per heavy atom. The molecule has 1 aromatic rings. The molecule has 0 atom stereocenters. The van der Waals surface area contributed by atoms with Gasteiger partial charge in [0.15, 0.2) is 0 Å². The molecule has 0 aliphatic rings. The van der Waals surface area contributed by atoms with E-state index in [0.717, 1.165) is 5.56 Å². The summed E-state index contributed by atoms with van der Waals surface area (Å²) >= 11 is 0. The number of hydrogen-bond acceptors (Lipinski definition) is 0. The summed E-state index contributed by atoms with van der Waals surface area (Å²) in [5, 5.41) is 0. The van der Waals surface area contributed by atoms with E-state index in [4.69, 9.17) is 0 Å². The monoisotopic (exact) mass is 200 g/mol. The quantitative estimate of drug-likeness (QED) is 0.657. The minimum atomic E-state index is -2.35. The number of benzene rings is 1. The fourth-order valence-electron chi connectivity index (χ4n) is 1.20. The largest absolute Gasteiger partial charge is 0.220 e. The van der Waals surface area contributed by atoms with Gasteiger partial charge in [-0.3, -0.25) is 0 Å². The van der Waals surface area contributed by atoms with E-state index in [1.165, 1.54) is 0 Å². The minimum absolute atomic E-state index is 0.561. The Kier molecular flexibility index (Phi) is 3.20. The average molecular weight is 200 g/mol. The molecular weight excluding hydrogens is 186 g/mol. The van der Waals surface area contributed by atoms with Crippen molar-refractivity contribution in [1.29, 1.82) is 0 Å². The number of rotatable bonds is 3. The lowest BCUT2D eigenvalue weighted by Crippen LogP contribution is -2.38. The van der Waals surface area contributed by atoms with Crippen LogP contribution in [0, 0.1) is 0 Å². The summed E-state index contributed by atoms with van der Waals surface area (Å²) in [5.74, 6) is 0. The van der Waals surface area contributed by atoms with Crippen LogP contribution in [0.15, 0.2) is 30.3 Å². The smallest absolute Gasteiger partial charge is 0.216 e. The van der Waals surface area contributed by atoms with Gasteiger partial charge in [0.25, 0.3) is 0 Å². The maximum absolute atomic E-state index is 12.6. The molecule has 0 radical (unpaired) electrons. The molecule has 0 heterocycles. The highest BCUT2D eigenvalue weighted by Crippen LogP contribution is 2.18. The van der Waals surface area contributed by atoms with Gasteiger partial charge in [0, 0.05) is 0 Å². The molecule has 0 saturated carbocycles. The maximum atomic E-state index is 12.6. The highest BCUT2D eigenvalue weighted by atomic mass is 28.3. The Hall–Kier alpha value is -0.703. The van der Waals surface area contributed by atoms with Gasteiger partial charge in [-0.15, -0.1) is 0 Å². The van der Waals surface area contributed by atoms with Crippen molar-refractivity contribution < 1.29 is 8.78 Å². The van der Waals surface area contributed by atoms with Gasteiger partial charge in [-0.05, 0) is 6.04 Å². The third kappa shape index (κ3) is 2.92. The van der Waals surface area contributed by atoms with E-state index in [1.807, 2.05) is 30.3 Å². The van der Waals surface area contributed by atoms with Crippen LogP contribution in [0.4, 0.5) is 8.78 Å². The number of hydrogen-bond donors (Lipinski definition) is 0. The number of alkyl halides is 2. The van der Waals surface area contributed by atoms with Crippen LogP contribution in [0.3, 0.4) is 0 Å². The first kappa shape index (κ1) is 10.4. The maximum Gasteiger partial charge on any atom is 0.220 e. The summed E-state index contributed by atoms with van der Waals surface area (Å²) < 4.78 is 25.1. The highest BCUT2D eigenvalue weighted by molar-refractivity contribution is 6.77. The zero-order valence-electron chi connectivity index (χ0n) is 7.93. The molecule has 1 aromatic carbocycles. The first-order valence-corrected chi connectivity index (χ1v) is 7.63. The molecule has 0 bridgehead atoms. The molecule has 0 saturated heterocycles. The molecule has 0 spiro atoms. The van der Waals surface area contributed by atoms with Gasteiger partial charge in [-0.2, -0.15) is 0 Å². The second-order valence-electron chi connectivity index (χ2n) is 3.95. The van der Waals surface area contributed by atoms with Gasteiger partial charge in [0.2, 0.25) is 6.05 Å². The van der Waals surface area contributed by atoms with Crippen LogP contribution in [0.1, 0.15) is 5.56 Å². The summed E-state index contributed by atoms with van der Waals surface area (Å²) in [6, 6.07) is 7.95. The lowest BCUT2D eigenvalue weighted by atomic mass is 10.2. The molecule has 0 amide bonds. The lowest BCUT2D eigenvalue weighted by Gasteiger charge is -2.20. The zero-order valence-corrected chi connectivity index (χ0v) is 8.93. The Morgan fingerprint density at radius 1 is 1.15 bits per heavy atom. The van der Waals surface area contributed by atoms with E-state index >= 15 is 0 Å². The van der Waals surface area contributed by atoms with E-state index in [-0.39, 0.29) is 0 Å². The normalized spacial score (nSPS) is 12.1. The Labute approximate surface area is 78.6 Å². The second-order valence-corrected chi connectivity index (χ2v) is 8.72. The van der Waals surface area contributed by atoms with Crippen LogP contribution in [-0.2, 0) is 6.04 Å². The topological polar surface area (TPSA) is 0 Å². The van der Waals surface area contributed by atoms with E-state index < -0.39 is 14.1 Å².